The van der Waals surface area contributed by atoms with Crippen LogP contribution in [0, 0.1) is 0 Å². The predicted molar refractivity (Wildman–Crippen MR) is 93.6 cm³/mol. The Bertz CT molecular complexity index is 798. The van der Waals surface area contributed by atoms with Crippen molar-refractivity contribution in [2.75, 3.05) is 11.9 Å². The van der Waals surface area contributed by atoms with E-state index >= 15 is 0 Å². The van der Waals surface area contributed by atoms with Crippen molar-refractivity contribution in [2.45, 2.75) is 32.7 Å². The molecule has 23 heavy (non-hydrogen) atoms. The van der Waals surface area contributed by atoms with Crippen LogP contribution >= 0.6 is 11.5 Å². The van der Waals surface area contributed by atoms with Crippen LogP contribution < -0.4 is 11.1 Å². The Kier molecular flexibility index (Phi) is 4.78. The maximum atomic E-state index is 5.64. The van der Waals surface area contributed by atoms with E-state index in [-0.39, 0.29) is 0 Å². The fourth-order valence-corrected chi connectivity index (χ4v) is 3.17. The van der Waals surface area contributed by atoms with E-state index in [4.69, 9.17) is 5.73 Å². The van der Waals surface area contributed by atoms with Crippen LogP contribution in [0.25, 0.3) is 10.9 Å². The number of nitrogens with two attached hydrogens (primary N) is 1. The van der Waals surface area contributed by atoms with Gasteiger partial charge in [-0.05, 0) is 36.1 Å². The second kappa shape index (κ2) is 6.97. The van der Waals surface area contributed by atoms with Gasteiger partial charge in [0.05, 0.1) is 22.6 Å². The maximum Gasteiger partial charge on any atom is 0.137 e. The largest absolute Gasteiger partial charge is 0.364 e. The highest BCUT2D eigenvalue weighted by Gasteiger charge is 2.13. The van der Waals surface area contributed by atoms with Crippen LogP contribution in [0.4, 0.5) is 5.82 Å². The lowest BCUT2D eigenvalue weighted by atomic mass is 10.1. The number of hydrogen-bond acceptors (Lipinski definition) is 7. The lowest BCUT2D eigenvalue weighted by Crippen LogP contribution is -2.10. The molecule has 3 N–H and O–H groups in total. The molecule has 6 nitrogen and oxygen atoms in total. The molecular formula is C16H20N6S. The van der Waals surface area contributed by atoms with Crippen molar-refractivity contribution in [3.8, 4) is 0 Å². The summed E-state index contributed by atoms with van der Waals surface area (Å²) in [5, 5.41) is 8.65. The number of hydrogen-bond donors (Lipinski definition) is 2. The van der Waals surface area contributed by atoms with Crippen LogP contribution in [0.15, 0.2) is 24.3 Å². The van der Waals surface area contributed by atoms with Gasteiger partial charge < -0.3 is 11.1 Å². The average Bonchev–Trinajstić information content (AvgIpc) is 3.01. The smallest absolute Gasteiger partial charge is 0.137 e. The summed E-state index contributed by atoms with van der Waals surface area (Å²) >= 11 is 1.43. The summed E-state index contributed by atoms with van der Waals surface area (Å²) in [6.45, 7) is 5.45. The minimum absolute atomic E-state index is 0.362. The number of nitrogens with one attached hydrogen (secondary N) is 1. The summed E-state index contributed by atoms with van der Waals surface area (Å²) in [6, 6.07) is 8.00. The van der Waals surface area contributed by atoms with Crippen molar-refractivity contribution in [1.29, 1.82) is 0 Å². The number of benzene rings is 1. The normalized spacial score (nSPS) is 11.3. The Labute approximate surface area is 139 Å². The van der Waals surface area contributed by atoms with E-state index in [0.29, 0.717) is 25.4 Å². The first-order chi connectivity index (χ1) is 11.2. The number of nitrogens with zero attached hydrogens (tertiary/aromatic N) is 4. The van der Waals surface area contributed by atoms with Crippen molar-refractivity contribution in [3.05, 3.63) is 40.7 Å². The van der Waals surface area contributed by atoms with E-state index < -0.39 is 0 Å². The molecule has 0 unspecified atom stereocenters. The van der Waals surface area contributed by atoms with Crippen molar-refractivity contribution in [2.24, 2.45) is 5.73 Å². The zero-order valence-electron chi connectivity index (χ0n) is 13.3. The Morgan fingerprint density at radius 1 is 1.22 bits per heavy atom. The lowest BCUT2D eigenvalue weighted by molar-refractivity contribution is 0.797. The van der Waals surface area contributed by atoms with Crippen molar-refractivity contribution < 1.29 is 0 Å². The molecule has 2 aromatic heterocycles. The number of para-hydroxylation sites is 1. The predicted octanol–water partition coefficient (Wildman–Crippen LogP) is 2.72. The van der Waals surface area contributed by atoms with Crippen LogP contribution in [0.2, 0.25) is 0 Å². The minimum atomic E-state index is 0.362. The highest BCUT2D eigenvalue weighted by atomic mass is 32.1. The number of fused-ring (bicyclic) bond motifs is 1. The van der Waals surface area contributed by atoms with Gasteiger partial charge in [0.1, 0.15) is 11.6 Å². The SMILES string of the molecule is CC(C)c1nnsc1CNc1nc(CCN)nc2ccccc12. The van der Waals surface area contributed by atoms with E-state index in [2.05, 4.69) is 38.7 Å². The third kappa shape index (κ3) is 3.46. The molecule has 3 aromatic rings. The minimum Gasteiger partial charge on any atom is -0.364 e. The molecule has 0 aliphatic heterocycles. The molecule has 0 bridgehead atoms. The third-order valence-corrected chi connectivity index (χ3v) is 4.30. The average molecular weight is 328 g/mol. The molecule has 2 heterocycles. The zero-order valence-corrected chi connectivity index (χ0v) is 14.1. The molecule has 0 radical (unpaired) electrons. The molecule has 0 saturated heterocycles. The van der Waals surface area contributed by atoms with Crippen LogP contribution in [0.1, 0.15) is 36.2 Å². The van der Waals surface area contributed by atoms with Crippen LogP contribution in [-0.2, 0) is 13.0 Å². The van der Waals surface area contributed by atoms with E-state index in [1.807, 2.05) is 24.3 Å². The van der Waals surface area contributed by atoms with Gasteiger partial charge in [0.15, 0.2) is 0 Å². The van der Waals surface area contributed by atoms with E-state index in [0.717, 1.165) is 33.1 Å². The first kappa shape index (κ1) is 15.8. The topological polar surface area (TPSA) is 89.6 Å². The van der Waals surface area contributed by atoms with Gasteiger partial charge in [-0.15, -0.1) is 5.10 Å². The lowest BCUT2D eigenvalue weighted by Gasteiger charge is -2.11. The van der Waals surface area contributed by atoms with Crippen LogP contribution in [0.5, 0.6) is 0 Å². The second-order valence-corrected chi connectivity index (χ2v) is 6.47. The van der Waals surface area contributed by atoms with Gasteiger partial charge in [0.2, 0.25) is 0 Å². The summed E-state index contributed by atoms with van der Waals surface area (Å²) in [5.74, 6) is 1.96. The van der Waals surface area contributed by atoms with Gasteiger partial charge in [-0.2, -0.15) is 0 Å². The molecule has 120 valence electrons. The van der Waals surface area contributed by atoms with E-state index in [1.165, 1.54) is 11.5 Å². The van der Waals surface area contributed by atoms with Gasteiger partial charge in [-0.1, -0.05) is 30.5 Å². The summed E-state index contributed by atoms with van der Waals surface area (Å²) < 4.78 is 4.07. The van der Waals surface area contributed by atoms with Gasteiger partial charge in [-0.25, -0.2) is 9.97 Å². The molecule has 0 aliphatic carbocycles. The first-order valence-corrected chi connectivity index (χ1v) is 8.47. The molecule has 0 fully saturated rings. The Morgan fingerprint density at radius 3 is 2.83 bits per heavy atom. The molecule has 7 heteroatoms. The summed E-state index contributed by atoms with van der Waals surface area (Å²) in [7, 11) is 0. The monoisotopic (exact) mass is 328 g/mol. The molecule has 1 aromatic carbocycles. The molecule has 0 amide bonds. The molecule has 0 spiro atoms. The number of anilines is 1. The quantitative estimate of drug-likeness (QED) is 0.723. The zero-order chi connectivity index (χ0) is 16.2. The van der Waals surface area contributed by atoms with Crippen molar-refractivity contribution >= 4 is 28.3 Å². The summed E-state index contributed by atoms with van der Waals surface area (Å²) in [4.78, 5) is 10.3. The molecular weight excluding hydrogens is 308 g/mol. The van der Waals surface area contributed by atoms with E-state index in [9.17, 15) is 0 Å². The highest BCUT2D eigenvalue weighted by molar-refractivity contribution is 7.05. The number of rotatable bonds is 6. The fourth-order valence-electron chi connectivity index (χ4n) is 2.44. The van der Waals surface area contributed by atoms with E-state index in [1.54, 1.807) is 0 Å². The maximum absolute atomic E-state index is 5.64. The van der Waals surface area contributed by atoms with Gasteiger partial charge in [0.25, 0.3) is 0 Å². The van der Waals surface area contributed by atoms with Crippen molar-refractivity contribution in [3.63, 3.8) is 0 Å². The fraction of sp³-hybridized carbons (Fsp3) is 0.375. The molecule has 3 rings (SSSR count). The van der Waals surface area contributed by atoms with Gasteiger partial charge in [-0.3, -0.25) is 0 Å². The van der Waals surface area contributed by atoms with Crippen molar-refractivity contribution in [1.82, 2.24) is 19.6 Å². The van der Waals surface area contributed by atoms with Gasteiger partial charge in [0, 0.05) is 11.8 Å². The van der Waals surface area contributed by atoms with Crippen LogP contribution in [-0.4, -0.2) is 26.1 Å². The number of aromatic nitrogens is 4. The van der Waals surface area contributed by atoms with Gasteiger partial charge >= 0.3 is 0 Å². The van der Waals surface area contributed by atoms with Crippen LogP contribution in [0.3, 0.4) is 0 Å². The molecule has 0 atom stereocenters. The standard InChI is InChI=1S/C16H20N6S/c1-10(2)15-13(23-22-21-15)9-18-16-11-5-3-4-6-12(11)19-14(20-16)7-8-17/h3-6,10H,7-9,17H2,1-2H3,(H,18,19,20). The highest BCUT2D eigenvalue weighted by Crippen LogP contribution is 2.24. The Balaban J connectivity index is 1.90. The Morgan fingerprint density at radius 2 is 2.04 bits per heavy atom. The molecule has 0 saturated carbocycles. The molecule has 0 aliphatic rings. The Hall–Kier alpha value is -2.12. The third-order valence-electron chi connectivity index (χ3n) is 3.57. The first-order valence-electron chi connectivity index (χ1n) is 7.69. The summed E-state index contributed by atoms with van der Waals surface area (Å²) in [5.41, 5.74) is 7.62. The second-order valence-electron chi connectivity index (χ2n) is 5.63. The summed E-state index contributed by atoms with van der Waals surface area (Å²) in [6.07, 6.45) is 0.666.